The summed E-state index contributed by atoms with van der Waals surface area (Å²) in [4.78, 5) is 17.5. The fraction of sp³-hybridized carbons (Fsp3) is 0.0833. The second-order valence-electron chi connectivity index (χ2n) is 7.09. The number of nitrogens with zero attached hydrogens (tertiary/aromatic N) is 1. The van der Waals surface area contributed by atoms with E-state index in [1.165, 1.54) is 11.8 Å². The molecule has 168 valence electrons. The van der Waals surface area contributed by atoms with Gasteiger partial charge in [0.25, 0.3) is 5.91 Å². The first-order valence-corrected chi connectivity index (χ1v) is 12.5. The van der Waals surface area contributed by atoms with Gasteiger partial charge in [-0.05, 0) is 93.8 Å². The van der Waals surface area contributed by atoms with Crippen molar-refractivity contribution < 1.29 is 9.53 Å². The molecule has 0 saturated carbocycles. The molecule has 9 heteroatoms. The zero-order valence-electron chi connectivity index (χ0n) is 17.2. The van der Waals surface area contributed by atoms with Crippen LogP contribution in [0.2, 0.25) is 15.1 Å². The Morgan fingerprint density at radius 1 is 1.09 bits per heavy atom. The largest absolute Gasteiger partial charge is 0.486 e. The number of amidine groups is 1. The molecule has 1 fully saturated rings. The summed E-state index contributed by atoms with van der Waals surface area (Å²) in [6.45, 7) is 2.23. The van der Waals surface area contributed by atoms with E-state index in [0.717, 1.165) is 16.7 Å². The lowest BCUT2D eigenvalue weighted by Crippen LogP contribution is -2.19. The maximum absolute atomic E-state index is 12.5. The van der Waals surface area contributed by atoms with E-state index >= 15 is 0 Å². The Labute approximate surface area is 219 Å². The van der Waals surface area contributed by atoms with Crippen LogP contribution in [-0.4, -0.2) is 11.1 Å². The highest BCUT2D eigenvalue weighted by atomic mass is 79.9. The van der Waals surface area contributed by atoms with Gasteiger partial charge in [0.05, 0.1) is 20.1 Å². The van der Waals surface area contributed by atoms with Crippen molar-refractivity contribution in [3.05, 3.63) is 95.7 Å². The number of nitrogens with one attached hydrogen (secondary N) is 1. The van der Waals surface area contributed by atoms with Crippen LogP contribution >= 0.6 is 62.5 Å². The molecule has 0 spiro atoms. The summed E-state index contributed by atoms with van der Waals surface area (Å²) in [6.07, 6.45) is 1.76. The molecule has 4 rings (SSSR count). The van der Waals surface area contributed by atoms with Crippen LogP contribution in [0.4, 0.5) is 5.69 Å². The minimum absolute atomic E-state index is 0.228. The maximum atomic E-state index is 12.5. The fourth-order valence-corrected chi connectivity index (χ4v) is 5.11. The number of aliphatic imine (C=N–C) groups is 1. The summed E-state index contributed by atoms with van der Waals surface area (Å²) in [5, 5.41) is 5.00. The maximum Gasteiger partial charge on any atom is 0.264 e. The van der Waals surface area contributed by atoms with E-state index in [1.807, 2.05) is 49.4 Å². The summed E-state index contributed by atoms with van der Waals surface area (Å²) >= 11 is 23.3. The van der Waals surface area contributed by atoms with Gasteiger partial charge < -0.3 is 10.1 Å². The minimum atomic E-state index is -0.228. The van der Waals surface area contributed by atoms with Gasteiger partial charge in [0, 0.05) is 10.0 Å². The van der Waals surface area contributed by atoms with Gasteiger partial charge in [0.15, 0.2) is 10.9 Å². The van der Waals surface area contributed by atoms with E-state index in [2.05, 4.69) is 26.2 Å². The molecule has 0 aliphatic carbocycles. The third kappa shape index (κ3) is 5.94. The first-order chi connectivity index (χ1) is 15.8. The van der Waals surface area contributed by atoms with Crippen LogP contribution in [0.25, 0.3) is 6.08 Å². The number of thioether (sulfide) groups is 1. The molecule has 1 aliphatic rings. The van der Waals surface area contributed by atoms with Crippen LogP contribution in [0.15, 0.2) is 69.0 Å². The average Bonchev–Trinajstić information content (AvgIpc) is 3.10. The number of rotatable bonds is 5. The van der Waals surface area contributed by atoms with Crippen LogP contribution in [0.1, 0.15) is 16.7 Å². The summed E-state index contributed by atoms with van der Waals surface area (Å²) in [5.41, 5.74) is 3.28. The molecule has 3 aromatic rings. The van der Waals surface area contributed by atoms with Crippen molar-refractivity contribution in [3.63, 3.8) is 0 Å². The van der Waals surface area contributed by atoms with Gasteiger partial charge in [-0.25, -0.2) is 4.99 Å². The first kappa shape index (κ1) is 24.2. The molecule has 0 aromatic heterocycles. The molecule has 4 nitrogen and oxygen atoms in total. The quantitative estimate of drug-likeness (QED) is 0.309. The third-order valence-corrected chi connectivity index (χ3v) is 7.17. The first-order valence-electron chi connectivity index (χ1n) is 9.71. The van der Waals surface area contributed by atoms with Crippen molar-refractivity contribution in [2.45, 2.75) is 13.5 Å². The molecule has 0 atom stereocenters. The lowest BCUT2D eigenvalue weighted by atomic mass is 10.2. The fourth-order valence-electron chi connectivity index (χ4n) is 3.00. The number of hydrogen-bond donors (Lipinski definition) is 1. The molecule has 0 radical (unpaired) electrons. The highest BCUT2D eigenvalue weighted by Crippen LogP contribution is 2.37. The highest BCUT2D eigenvalue weighted by molar-refractivity contribution is 9.10. The van der Waals surface area contributed by atoms with E-state index in [-0.39, 0.29) is 5.91 Å². The predicted octanol–water partition coefficient (Wildman–Crippen LogP) is 8.19. The SMILES string of the molecule is Cc1c(Cl)cccc1N=C1NC(=O)/C(=C\c2cc(Cl)c(OCc3ccc(Cl)cc3)c(Br)c2)S1. The van der Waals surface area contributed by atoms with E-state index in [4.69, 9.17) is 39.5 Å². The molecule has 33 heavy (non-hydrogen) atoms. The Balaban J connectivity index is 1.51. The van der Waals surface area contributed by atoms with Crippen molar-refractivity contribution in [2.75, 3.05) is 0 Å². The van der Waals surface area contributed by atoms with E-state index in [1.54, 1.807) is 18.2 Å². The van der Waals surface area contributed by atoms with Gasteiger partial charge in [0.2, 0.25) is 0 Å². The second-order valence-corrected chi connectivity index (χ2v) is 10.2. The van der Waals surface area contributed by atoms with Crippen molar-refractivity contribution in [3.8, 4) is 5.75 Å². The van der Waals surface area contributed by atoms with Gasteiger partial charge in [-0.1, -0.05) is 53.0 Å². The van der Waals surface area contributed by atoms with Crippen LogP contribution < -0.4 is 10.1 Å². The highest BCUT2D eigenvalue weighted by Gasteiger charge is 2.24. The van der Waals surface area contributed by atoms with Crippen LogP contribution in [-0.2, 0) is 11.4 Å². The van der Waals surface area contributed by atoms with Crippen molar-refractivity contribution >= 4 is 85.3 Å². The van der Waals surface area contributed by atoms with Gasteiger partial charge in [-0.3, -0.25) is 4.79 Å². The Hall–Kier alpha value is -1.96. The van der Waals surface area contributed by atoms with E-state index in [0.29, 0.717) is 47.7 Å². The summed E-state index contributed by atoms with van der Waals surface area (Å²) in [5.74, 6) is 0.296. The number of benzene rings is 3. The molecule has 3 aromatic carbocycles. The van der Waals surface area contributed by atoms with E-state index in [9.17, 15) is 4.79 Å². The van der Waals surface area contributed by atoms with Crippen molar-refractivity contribution in [1.82, 2.24) is 5.32 Å². The van der Waals surface area contributed by atoms with Gasteiger partial charge >= 0.3 is 0 Å². The van der Waals surface area contributed by atoms with E-state index < -0.39 is 0 Å². The molecule has 1 saturated heterocycles. The molecular formula is C24H16BrCl3N2O2S. The summed E-state index contributed by atoms with van der Waals surface area (Å²) < 4.78 is 6.57. The number of halogens is 4. The van der Waals surface area contributed by atoms with Gasteiger partial charge in [0.1, 0.15) is 6.61 Å². The monoisotopic (exact) mass is 580 g/mol. The molecule has 0 bridgehead atoms. The second kappa shape index (κ2) is 10.5. The lowest BCUT2D eigenvalue weighted by molar-refractivity contribution is -0.115. The zero-order chi connectivity index (χ0) is 23.5. The number of amides is 1. The Morgan fingerprint density at radius 2 is 1.85 bits per heavy atom. The Kier molecular flexibility index (Phi) is 7.72. The normalized spacial score (nSPS) is 15.8. The minimum Gasteiger partial charge on any atom is -0.486 e. The topological polar surface area (TPSA) is 50.7 Å². The van der Waals surface area contributed by atoms with Gasteiger partial charge in [-0.15, -0.1) is 0 Å². The van der Waals surface area contributed by atoms with Crippen LogP contribution in [0.3, 0.4) is 0 Å². The molecule has 1 N–H and O–H groups in total. The third-order valence-electron chi connectivity index (χ3n) is 4.73. The molecule has 1 heterocycles. The number of carbonyl (C=O) groups excluding carboxylic acids is 1. The Bertz CT molecular complexity index is 1270. The lowest BCUT2D eigenvalue weighted by Gasteiger charge is -2.11. The average molecular weight is 583 g/mol. The summed E-state index contributed by atoms with van der Waals surface area (Å²) in [6, 6.07) is 16.5. The number of hydrogen-bond acceptors (Lipinski definition) is 4. The summed E-state index contributed by atoms with van der Waals surface area (Å²) in [7, 11) is 0. The number of ether oxygens (including phenoxy) is 1. The number of carbonyl (C=O) groups is 1. The van der Waals surface area contributed by atoms with Gasteiger partial charge in [-0.2, -0.15) is 0 Å². The Morgan fingerprint density at radius 3 is 2.58 bits per heavy atom. The molecule has 0 unspecified atom stereocenters. The van der Waals surface area contributed by atoms with Crippen molar-refractivity contribution in [1.29, 1.82) is 0 Å². The molecule has 1 amide bonds. The standard InChI is InChI=1S/C24H16BrCl3N2O2S/c1-13-18(27)3-2-4-20(13)29-24-30-23(31)21(33-24)11-15-9-17(25)22(19(28)10-15)32-12-14-5-7-16(26)8-6-14/h2-11H,12H2,1H3,(H,29,30,31)/b21-11+. The van der Waals surface area contributed by atoms with Crippen LogP contribution in [0.5, 0.6) is 5.75 Å². The van der Waals surface area contributed by atoms with Crippen molar-refractivity contribution in [2.24, 2.45) is 4.99 Å². The smallest absolute Gasteiger partial charge is 0.264 e. The predicted molar refractivity (Wildman–Crippen MR) is 142 cm³/mol. The molecular weight excluding hydrogens is 567 g/mol. The van der Waals surface area contributed by atoms with Crippen LogP contribution in [0, 0.1) is 6.92 Å². The zero-order valence-corrected chi connectivity index (χ0v) is 21.8. The molecule has 1 aliphatic heterocycles.